The van der Waals surface area contributed by atoms with E-state index in [4.69, 9.17) is 0 Å². The van der Waals surface area contributed by atoms with Crippen LogP contribution in [0.2, 0.25) is 0 Å². The van der Waals surface area contributed by atoms with Crippen LogP contribution in [0.1, 0.15) is 51.1 Å². The summed E-state index contributed by atoms with van der Waals surface area (Å²) in [5, 5.41) is 7.31. The van der Waals surface area contributed by atoms with Crippen molar-refractivity contribution >= 4 is 23.1 Å². The second-order valence-electron chi connectivity index (χ2n) is 8.16. The molecule has 4 rings (SSSR count). The minimum atomic E-state index is -4.36. The number of fused-ring (bicyclic) bond motifs is 1. The highest BCUT2D eigenvalue weighted by Crippen LogP contribution is 2.42. The van der Waals surface area contributed by atoms with Crippen LogP contribution in [0, 0.1) is 26.7 Å². The Morgan fingerprint density at radius 2 is 2.03 bits per heavy atom. The number of thiophene rings is 1. The van der Waals surface area contributed by atoms with Gasteiger partial charge in [-0.2, -0.15) is 18.3 Å². The maximum Gasteiger partial charge on any atom is 0.410 e. The van der Waals surface area contributed by atoms with E-state index in [-0.39, 0.29) is 24.3 Å². The molecule has 9 heteroatoms. The largest absolute Gasteiger partial charge is 0.410 e. The Morgan fingerprint density at radius 3 is 2.69 bits per heavy atom. The van der Waals surface area contributed by atoms with Gasteiger partial charge in [0.05, 0.1) is 10.6 Å². The van der Waals surface area contributed by atoms with Crippen LogP contribution in [0.25, 0.3) is 0 Å². The van der Waals surface area contributed by atoms with E-state index in [0.717, 1.165) is 28.0 Å². The molecule has 1 N–H and O–H groups in total. The van der Waals surface area contributed by atoms with Crippen molar-refractivity contribution in [1.82, 2.24) is 14.7 Å². The van der Waals surface area contributed by atoms with Gasteiger partial charge in [-0.1, -0.05) is 0 Å². The standard InChI is InChI=1S/C20H25F3N4OS/c1-11-7-16(29-13(11)3)19(28)26-6-4-5-14(10-26)15-9-17(20(21,22)23)27-18(24-15)8-12(2)25-27/h7-8,14-15,17,24H,4-6,9-10H2,1-3H3/t14?,15-,17+/m0/s1. The Morgan fingerprint density at radius 1 is 1.28 bits per heavy atom. The summed E-state index contributed by atoms with van der Waals surface area (Å²) in [6, 6.07) is 1.60. The molecular weight excluding hydrogens is 401 g/mol. The first kappa shape index (κ1) is 20.3. The zero-order valence-corrected chi connectivity index (χ0v) is 17.5. The molecule has 0 aromatic carbocycles. The Hall–Kier alpha value is -2.03. The lowest BCUT2D eigenvalue weighted by Crippen LogP contribution is -2.49. The first-order chi connectivity index (χ1) is 13.6. The molecule has 2 aliphatic rings. The van der Waals surface area contributed by atoms with E-state index in [0.29, 0.717) is 29.5 Å². The van der Waals surface area contributed by atoms with Gasteiger partial charge in [-0.3, -0.25) is 4.79 Å². The van der Waals surface area contributed by atoms with Crippen LogP contribution >= 0.6 is 11.3 Å². The molecule has 1 saturated heterocycles. The zero-order chi connectivity index (χ0) is 20.9. The number of hydrogen-bond donors (Lipinski definition) is 1. The second-order valence-corrected chi connectivity index (χ2v) is 9.42. The van der Waals surface area contributed by atoms with E-state index in [1.165, 1.54) is 11.3 Å². The highest BCUT2D eigenvalue weighted by Gasteiger charge is 2.48. The van der Waals surface area contributed by atoms with Gasteiger partial charge in [0, 0.05) is 30.1 Å². The second kappa shape index (κ2) is 7.34. The minimum Gasteiger partial charge on any atom is -0.367 e. The molecule has 5 nitrogen and oxygen atoms in total. The van der Waals surface area contributed by atoms with Crippen molar-refractivity contribution in [3.63, 3.8) is 0 Å². The molecule has 0 saturated carbocycles. The van der Waals surface area contributed by atoms with Gasteiger partial charge in [-0.05, 0) is 57.6 Å². The third-order valence-corrected chi connectivity index (χ3v) is 7.17. The molecule has 0 bridgehead atoms. The quantitative estimate of drug-likeness (QED) is 0.757. The van der Waals surface area contributed by atoms with E-state index >= 15 is 0 Å². The molecule has 0 aliphatic carbocycles. The number of nitrogens with one attached hydrogen (secondary N) is 1. The van der Waals surface area contributed by atoms with Crippen LogP contribution in [0.4, 0.5) is 19.0 Å². The summed E-state index contributed by atoms with van der Waals surface area (Å²) in [5.41, 5.74) is 1.66. The molecule has 0 spiro atoms. The van der Waals surface area contributed by atoms with Gasteiger partial charge in [-0.15, -0.1) is 11.3 Å². The zero-order valence-electron chi connectivity index (χ0n) is 16.7. The molecule has 3 atom stereocenters. The van der Waals surface area contributed by atoms with Crippen molar-refractivity contribution in [2.45, 2.75) is 58.3 Å². The highest BCUT2D eigenvalue weighted by atomic mass is 32.1. The molecule has 2 aliphatic heterocycles. The smallest absolute Gasteiger partial charge is 0.367 e. The Bertz CT molecular complexity index is 900. The van der Waals surface area contributed by atoms with Crippen molar-refractivity contribution in [2.75, 3.05) is 18.4 Å². The first-order valence-electron chi connectivity index (χ1n) is 9.89. The summed E-state index contributed by atoms with van der Waals surface area (Å²) >= 11 is 1.48. The van der Waals surface area contributed by atoms with Gasteiger partial charge in [-0.25, -0.2) is 4.68 Å². The number of carbonyl (C=O) groups excluding carboxylic acids is 1. The number of likely N-dealkylation sites (tertiary alicyclic amines) is 1. The number of piperidine rings is 1. The van der Waals surface area contributed by atoms with Gasteiger partial charge in [0.15, 0.2) is 6.04 Å². The number of aryl methyl sites for hydroxylation is 3. The Kier molecular flexibility index (Phi) is 5.13. The molecule has 29 heavy (non-hydrogen) atoms. The van der Waals surface area contributed by atoms with Crippen LogP contribution in [0.15, 0.2) is 12.1 Å². The topological polar surface area (TPSA) is 50.2 Å². The fourth-order valence-corrected chi connectivity index (χ4v) is 5.39. The van der Waals surface area contributed by atoms with Crippen molar-refractivity contribution in [3.05, 3.63) is 33.1 Å². The molecule has 158 valence electrons. The summed E-state index contributed by atoms with van der Waals surface area (Å²) < 4.78 is 42.1. The number of alkyl halides is 3. The van der Waals surface area contributed by atoms with Gasteiger partial charge >= 0.3 is 6.18 Å². The number of amides is 1. The monoisotopic (exact) mass is 426 g/mol. The predicted molar refractivity (Wildman–Crippen MR) is 107 cm³/mol. The summed E-state index contributed by atoms with van der Waals surface area (Å²) in [4.78, 5) is 16.6. The lowest BCUT2D eigenvalue weighted by Gasteiger charge is -2.41. The maximum atomic E-state index is 13.7. The number of anilines is 1. The lowest BCUT2D eigenvalue weighted by atomic mass is 9.85. The number of carbonyl (C=O) groups is 1. The number of hydrogen-bond acceptors (Lipinski definition) is 4. The van der Waals surface area contributed by atoms with Gasteiger partial charge in [0.25, 0.3) is 5.91 Å². The molecule has 1 fully saturated rings. The van der Waals surface area contributed by atoms with E-state index in [9.17, 15) is 18.0 Å². The van der Waals surface area contributed by atoms with Gasteiger partial charge < -0.3 is 10.2 Å². The normalized spacial score (nSPS) is 24.9. The fraction of sp³-hybridized carbons (Fsp3) is 0.600. The number of rotatable bonds is 2. The van der Waals surface area contributed by atoms with Crippen molar-refractivity contribution in [2.24, 2.45) is 5.92 Å². The maximum absolute atomic E-state index is 13.7. The van der Waals surface area contributed by atoms with Crippen LogP contribution in [0.5, 0.6) is 0 Å². The highest BCUT2D eigenvalue weighted by molar-refractivity contribution is 7.14. The number of halogens is 3. The molecule has 1 unspecified atom stereocenters. The number of nitrogens with zero attached hydrogens (tertiary/aromatic N) is 3. The van der Waals surface area contributed by atoms with Crippen molar-refractivity contribution in [3.8, 4) is 0 Å². The van der Waals surface area contributed by atoms with Crippen LogP contribution in [-0.2, 0) is 0 Å². The molecule has 1 amide bonds. The van der Waals surface area contributed by atoms with Crippen molar-refractivity contribution < 1.29 is 18.0 Å². The van der Waals surface area contributed by atoms with E-state index in [1.807, 2.05) is 19.9 Å². The average molecular weight is 427 g/mol. The predicted octanol–water partition coefficient (Wildman–Crippen LogP) is 4.71. The number of aromatic nitrogens is 2. The summed E-state index contributed by atoms with van der Waals surface area (Å²) in [5.74, 6) is 0.373. The minimum absolute atomic E-state index is 0.0139. The molecule has 0 radical (unpaired) electrons. The molecule has 2 aromatic heterocycles. The van der Waals surface area contributed by atoms with Crippen LogP contribution in [0.3, 0.4) is 0 Å². The van der Waals surface area contributed by atoms with E-state index in [2.05, 4.69) is 10.4 Å². The third kappa shape index (κ3) is 3.89. The van der Waals surface area contributed by atoms with Crippen LogP contribution in [-0.4, -0.2) is 45.9 Å². The summed E-state index contributed by atoms with van der Waals surface area (Å²) in [6.45, 7) is 6.80. The van der Waals surface area contributed by atoms with E-state index < -0.39 is 12.2 Å². The fourth-order valence-electron chi connectivity index (χ4n) is 4.39. The SMILES string of the molecule is Cc1cc2n(n1)[C@@H](C(F)(F)F)C[C@@H](C1CCCN(C(=O)c3cc(C)c(C)s3)C1)N2. The molecular formula is C20H25F3N4OS. The Balaban J connectivity index is 1.53. The summed E-state index contributed by atoms with van der Waals surface area (Å²) in [7, 11) is 0. The third-order valence-electron chi connectivity index (χ3n) is 6.03. The lowest BCUT2D eigenvalue weighted by molar-refractivity contribution is -0.174. The van der Waals surface area contributed by atoms with Crippen molar-refractivity contribution in [1.29, 1.82) is 0 Å². The molecule has 4 heterocycles. The first-order valence-corrected chi connectivity index (χ1v) is 10.7. The van der Waals surface area contributed by atoms with E-state index in [1.54, 1.807) is 17.9 Å². The summed E-state index contributed by atoms with van der Waals surface area (Å²) in [6.07, 6.45) is -2.82. The average Bonchev–Trinajstić information content (AvgIpc) is 3.20. The van der Waals surface area contributed by atoms with Crippen LogP contribution < -0.4 is 5.32 Å². The Labute approximate surface area is 171 Å². The van der Waals surface area contributed by atoms with Gasteiger partial charge in [0.1, 0.15) is 5.82 Å². The molecule has 2 aromatic rings. The van der Waals surface area contributed by atoms with Gasteiger partial charge in [0.2, 0.25) is 0 Å².